The van der Waals surface area contributed by atoms with Crippen molar-refractivity contribution in [3.8, 4) is 0 Å². The summed E-state index contributed by atoms with van der Waals surface area (Å²) in [5, 5.41) is 1.46. The van der Waals surface area contributed by atoms with Crippen LogP contribution in [0, 0.1) is 0 Å². The zero-order valence-corrected chi connectivity index (χ0v) is 13.8. The molecule has 1 aromatic rings. The first-order valence-electron chi connectivity index (χ1n) is 7.36. The summed E-state index contributed by atoms with van der Waals surface area (Å²) in [7, 11) is 0. The summed E-state index contributed by atoms with van der Waals surface area (Å²) in [4.78, 5) is 2.51. The number of piperidine rings is 1. The van der Waals surface area contributed by atoms with E-state index in [4.69, 9.17) is 28.9 Å². The van der Waals surface area contributed by atoms with E-state index in [-0.39, 0.29) is 11.6 Å². The van der Waals surface area contributed by atoms with Crippen LogP contribution in [0.15, 0.2) is 18.2 Å². The smallest absolute Gasteiger partial charge is 0.0439 e. The third kappa shape index (κ3) is 3.67. The van der Waals surface area contributed by atoms with Gasteiger partial charge in [0.1, 0.15) is 0 Å². The number of benzene rings is 1. The van der Waals surface area contributed by atoms with E-state index in [0.29, 0.717) is 5.02 Å². The van der Waals surface area contributed by atoms with Crippen molar-refractivity contribution in [2.24, 2.45) is 5.73 Å². The highest BCUT2D eigenvalue weighted by Gasteiger charge is 2.34. The second kappa shape index (κ2) is 6.65. The molecule has 1 atom stereocenters. The third-order valence-electron chi connectivity index (χ3n) is 4.53. The summed E-state index contributed by atoms with van der Waals surface area (Å²) in [5.41, 5.74) is 7.51. The minimum absolute atomic E-state index is 0.0218. The Hall–Kier alpha value is -0.280. The molecule has 0 aromatic heterocycles. The molecular formula is C16H24Cl2N2. The lowest BCUT2D eigenvalue weighted by Crippen LogP contribution is -2.58. The number of rotatable bonds is 4. The Morgan fingerprint density at radius 3 is 2.50 bits per heavy atom. The Kier molecular flexibility index (Phi) is 5.36. The number of likely N-dealkylation sites (tertiary alicyclic amines) is 1. The van der Waals surface area contributed by atoms with Gasteiger partial charge in [-0.15, -0.1) is 0 Å². The summed E-state index contributed by atoms with van der Waals surface area (Å²) < 4.78 is 0. The fourth-order valence-corrected chi connectivity index (χ4v) is 3.28. The first kappa shape index (κ1) is 16.1. The van der Waals surface area contributed by atoms with Gasteiger partial charge in [-0.1, -0.05) is 29.6 Å². The van der Waals surface area contributed by atoms with Gasteiger partial charge in [0, 0.05) is 21.6 Å². The Morgan fingerprint density at radius 1 is 1.20 bits per heavy atom. The molecule has 1 aliphatic heterocycles. The van der Waals surface area contributed by atoms with E-state index >= 15 is 0 Å². The van der Waals surface area contributed by atoms with Crippen LogP contribution >= 0.6 is 23.2 Å². The van der Waals surface area contributed by atoms with E-state index in [1.807, 2.05) is 18.2 Å². The number of halogens is 2. The molecule has 0 amide bonds. The fraction of sp³-hybridized carbons (Fsp3) is 0.625. The van der Waals surface area contributed by atoms with Crippen molar-refractivity contribution in [2.45, 2.75) is 51.1 Å². The van der Waals surface area contributed by atoms with Crippen LogP contribution in [0.2, 0.25) is 10.0 Å². The van der Waals surface area contributed by atoms with Gasteiger partial charge in [0.2, 0.25) is 0 Å². The van der Waals surface area contributed by atoms with E-state index in [1.54, 1.807) is 0 Å². The lowest BCUT2D eigenvalue weighted by molar-refractivity contribution is 0.0731. The third-order valence-corrected chi connectivity index (χ3v) is 5.13. The Labute approximate surface area is 132 Å². The van der Waals surface area contributed by atoms with Crippen molar-refractivity contribution in [1.82, 2.24) is 4.90 Å². The van der Waals surface area contributed by atoms with Crippen molar-refractivity contribution in [1.29, 1.82) is 0 Å². The molecular weight excluding hydrogens is 291 g/mol. The molecule has 112 valence electrons. The van der Waals surface area contributed by atoms with Gasteiger partial charge in [-0.3, -0.25) is 4.90 Å². The van der Waals surface area contributed by atoms with Crippen LogP contribution in [0.1, 0.15) is 38.7 Å². The molecule has 0 radical (unpaired) electrons. The van der Waals surface area contributed by atoms with Crippen LogP contribution < -0.4 is 5.73 Å². The lowest BCUT2D eigenvalue weighted by atomic mass is 9.87. The average molecular weight is 315 g/mol. The maximum absolute atomic E-state index is 6.49. The van der Waals surface area contributed by atoms with Crippen molar-refractivity contribution < 1.29 is 0 Å². The highest BCUT2D eigenvalue weighted by atomic mass is 35.5. The van der Waals surface area contributed by atoms with Gasteiger partial charge in [-0.2, -0.15) is 0 Å². The first-order chi connectivity index (χ1) is 9.41. The minimum atomic E-state index is -0.0218. The molecule has 1 unspecified atom stereocenters. The summed E-state index contributed by atoms with van der Waals surface area (Å²) >= 11 is 12.3. The number of hydrogen-bond acceptors (Lipinski definition) is 2. The first-order valence-corrected chi connectivity index (χ1v) is 8.11. The van der Waals surface area contributed by atoms with E-state index < -0.39 is 0 Å². The molecule has 1 saturated heterocycles. The maximum Gasteiger partial charge on any atom is 0.0439 e. The van der Waals surface area contributed by atoms with Crippen LogP contribution in [0.5, 0.6) is 0 Å². The largest absolute Gasteiger partial charge is 0.326 e. The summed E-state index contributed by atoms with van der Waals surface area (Å²) in [6, 6.07) is 5.63. The molecule has 20 heavy (non-hydrogen) atoms. The van der Waals surface area contributed by atoms with E-state index in [2.05, 4.69) is 18.7 Å². The molecule has 2 rings (SSSR count). The van der Waals surface area contributed by atoms with Gasteiger partial charge in [-0.05, 0) is 70.0 Å². The maximum atomic E-state index is 6.49. The monoisotopic (exact) mass is 314 g/mol. The van der Waals surface area contributed by atoms with Crippen molar-refractivity contribution >= 4 is 23.2 Å². The molecule has 2 nitrogen and oxygen atoms in total. The summed E-state index contributed by atoms with van der Waals surface area (Å²) in [6.07, 6.45) is 4.63. The number of nitrogens with two attached hydrogens (primary N) is 1. The van der Waals surface area contributed by atoms with Gasteiger partial charge in [0.15, 0.2) is 0 Å². The number of nitrogens with zero attached hydrogens (tertiary/aromatic N) is 1. The topological polar surface area (TPSA) is 29.3 Å². The van der Waals surface area contributed by atoms with Crippen LogP contribution in [0.25, 0.3) is 0 Å². The number of hydrogen-bond donors (Lipinski definition) is 1. The predicted octanol–water partition coefficient (Wildman–Crippen LogP) is 4.13. The highest BCUT2D eigenvalue weighted by Crippen LogP contribution is 2.28. The summed E-state index contributed by atoms with van der Waals surface area (Å²) in [6.45, 7) is 6.76. The molecule has 1 heterocycles. The quantitative estimate of drug-likeness (QED) is 0.905. The minimum Gasteiger partial charge on any atom is -0.326 e. The van der Waals surface area contributed by atoms with Crippen molar-refractivity contribution in [2.75, 3.05) is 13.1 Å². The lowest BCUT2D eigenvalue weighted by Gasteiger charge is -2.44. The molecule has 0 saturated carbocycles. The van der Waals surface area contributed by atoms with Crippen molar-refractivity contribution in [3.63, 3.8) is 0 Å². The molecule has 0 bridgehead atoms. The zero-order valence-electron chi connectivity index (χ0n) is 12.3. The highest BCUT2D eigenvalue weighted by molar-refractivity contribution is 6.33. The molecule has 1 aromatic carbocycles. The molecule has 0 spiro atoms. The molecule has 2 N–H and O–H groups in total. The second-order valence-corrected chi connectivity index (χ2v) is 7.09. The Bertz CT molecular complexity index is 454. The summed E-state index contributed by atoms with van der Waals surface area (Å²) in [5.74, 6) is 0. The normalized spacial score (nSPS) is 19.1. The fourth-order valence-electron chi connectivity index (χ4n) is 2.89. The standard InChI is InChI=1S/C16H24Cl2N2/c1-16(2,20-8-4-3-5-9-20)15(19)11-12-10-13(17)6-7-14(12)18/h6-7,10,15H,3-5,8-9,11,19H2,1-2H3. The molecule has 1 aliphatic rings. The molecule has 1 fully saturated rings. The van der Waals surface area contributed by atoms with Gasteiger partial charge in [-0.25, -0.2) is 0 Å². The van der Waals surface area contributed by atoms with Crippen molar-refractivity contribution in [3.05, 3.63) is 33.8 Å². The molecule has 0 aliphatic carbocycles. The van der Waals surface area contributed by atoms with Gasteiger partial charge in [0.05, 0.1) is 0 Å². The van der Waals surface area contributed by atoms with Crippen LogP contribution in [-0.2, 0) is 6.42 Å². The van der Waals surface area contributed by atoms with Gasteiger partial charge >= 0.3 is 0 Å². The predicted molar refractivity (Wildman–Crippen MR) is 87.6 cm³/mol. The zero-order chi connectivity index (χ0) is 14.8. The second-order valence-electron chi connectivity index (χ2n) is 6.25. The van der Waals surface area contributed by atoms with Crippen LogP contribution in [0.3, 0.4) is 0 Å². The SMILES string of the molecule is CC(C)(C(N)Cc1cc(Cl)ccc1Cl)N1CCCCC1. The average Bonchev–Trinajstić information content (AvgIpc) is 2.43. The van der Waals surface area contributed by atoms with E-state index in [9.17, 15) is 0 Å². The van der Waals surface area contributed by atoms with Gasteiger partial charge < -0.3 is 5.73 Å². The van der Waals surface area contributed by atoms with Crippen LogP contribution in [0.4, 0.5) is 0 Å². The van der Waals surface area contributed by atoms with Gasteiger partial charge in [0.25, 0.3) is 0 Å². The molecule has 4 heteroatoms. The van der Waals surface area contributed by atoms with E-state index in [1.165, 1.54) is 19.3 Å². The Morgan fingerprint density at radius 2 is 1.85 bits per heavy atom. The van der Waals surface area contributed by atoms with Crippen LogP contribution in [-0.4, -0.2) is 29.6 Å². The van der Waals surface area contributed by atoms with E-state index in [0.717, 1.165) is 30.1 Å². The Balaban J connectivity index is 2.09.